The molecule has 1 amide bonds. The van der Waals surface area contributed by atoms with Crippen LogP contribution in [0, 0.1) is 6.92 Å². The predicted octanol–water partition coefficient (Wildman–Crippen LogP) is 2.84. The minimum atomic E-state index is -3.98. The van der Waals surface area contributed by atoms with Crippen molar-refractivity contribution in [3.63, 3.8) is 0 Å². The van der Waals surface area contributed by atoms with Gasteiger partial charge in [-0.05, 0) is 25.1 Å². The highest BCUT2D eigenvalue weighted by atomic mass is 32.2. The number of hydrogen-bond acceptors (Lipinski definition) is 4. The molecule has 0 unspecified atom stereocenters. The number of cyclic esters (lactones) is 1. The Morgan fingerprint density at radius 3 is 2.43 bits per heavy atom. The van der Waals surface area contributed by atoms with Crippen LogP contribution in [-0.4, -0.2) is 14.5 Å². The van der Waals surface area contributed by atoms with Crippen LogP contribution in [0.25, 0.3) is 0 Å². The predicted molar refractivity (Wildman–Crippen MR) is 77.5 cm³/mol. The fraction of sp³-hybridized carbons (Fsp3) is 0.133. The molecule has 0 aromatic heterocycles. The summed E-state index contributed by atoms with van der Waals surface area (Å²) < 4.78 is 31.1. The molecule has 0 N–H and O–H groups in total. The molecule has 0 spiro atoms. The van der Waals surface area contributed by atoms with E-state index in [0.717, 1.165) is 9.87 Å². The minimum absolute atomic E-state index is 0.0572. The standard InChI is InChI=1S/C15H13NO4S/c1-11-6-8-13(9-7-11)21(18,19)16-14-5-3-2-4-12(14)10-20-15(16)17/h2-9H,10H2,1H3. The molecule has 0 fully saturated rings. The van der Waals surface area contributed by atoms with Crippen LogP contribution in [0.15, 0.2) is 53.4 Å². The van der Waals surface area contributed by atoms with Crippen LogP contribution in [0.4, 0.5) is 10.5 Å². The van der Waals surface area contributed by atoms with E-state index >= 15 is 0 Å². The van der Waals surface area contributed by atoms with Crippen LogP contribution in [0.5, 0.6) is 0 Å². The van der Waals surface area contributed by atoms with Gasteiger partial charge in [0.25, 0.3) is 10.0 Å². The van der Waals surface area contributed by atoms with Crippen molar-refractivity contribution < 1.29 is 17.9 Å². The maximum atomic E-state index is 12.7. The molecular formula is C15H13NO4S. The average Bonchev–Trinajstić information content (AvgIpc) is 2.47. The molecule has 0 saturated heterocycles. The smallest absolute Gasteiger partial charge is 0.428 e. The van der Waals surface area contributed by atoms with E-state index in [-0.39, 0.29) is 11.5 Å². The second-order valence-electron chi connectivity index (χ2n) is 4.77. The summed E-state index contributed by atoms with van der Waals surface area (Å²) in [7, 11) is -3.98. The minimum Gasteiger partial charge on any atom is -0.443 e. The van der Waals surface area contributed by atoms with Crippen LogP contribution in [-0.2, 0) is 21.4 Å². The van der Waals surface area contributed by atoms with Crippen molar-refractivity contribution in [3.8, 4) is 0 Å². The van der Waals surface area contributed by atoms with E-state index in [1.807, 2.05) is 6.92 Å². The van der Waals surface area contributed by atoms with Crippen molar-refractivity contribution in [1.29, 1.82) is 0 Å². The number of benzene rings is 2. The van der Waals surface area contributed by atoms with Crippen LogP contribution in [0.1, 0.15) is 11.1 Å². The summed E-state index contributed by atoms with van der Waals surface area (Å²) in [5, 5.41) is 0. The van der Waals surface area contributed by atoms with E-state index in [0.29, 0.717) is 11.3 Å². The van der Waals surface area contributed by atoms with Gasteiger partial charge in [0, 0.05) is 5.56 Å². The van der Waals surface area contributed by atoms with Gasteiger partial charge >= 0.3 is 6.09 Å². The van der Waals surface area contributed by atoms with Crippen molar-refractivity contribution in [3.05, 3.63) is 59.7 Å². The zero-order valence-corrected chi connectivity index (χ0v) is 12.1. The Labute approximate surface area is 122 Å². The summed E-state index contributed by atoms with van der Waals surface area (Å²) in [5.74, 6) is 0. The third-order valence-electron chi connectivity index (χ3n) is 3.29. The summed E-state index contributed by atoms with van der Waals surface area (Å²) in [6.45, 7) is 1.94. The van der Waals surface area contributed by atoms with Gasteiger partial charge in [-0.2, -0.15) is 4.31 Å². The largest absolute Gasteiger partial charge is 0.443 e. The second kappa shape index (κ2) is 4.89. The molecule has 0 aliphatic carbocycles. The molecule has 2 aromatic carbocycles. The number of amides is 1. The van der Waals surface area contributed by atoms with Crippen molar-refractivity contribution in [2.45, 2.75) is 18.4 Å². The van der Waals surface area contributed by atoms with Crippen LogP contribution >= 0.6 is 0 Å². The number of hydrogen-bond donors (Lipinski definition) is 0. The first-order chi connectivity index (χ1) is 10.00. The van der Waals surface area contributed by atoms with Gasteiger partial charge < -0.3 is 4.74 Å². The van der Waals surface area contributed by atoms with Crippen LogP contribution < -0.4 is 4.31 Å². The number of rotatable bonds is 2. The zero-order valence-electron chi connectivity index (χ0n) is 11.3. The lowest BCUT2D eigenvalue weighted by atomic mass is 10.2. The Kier molecular flexibility index (Phi) is 3.17. The van der Waals surface area contributed by atoms with Crippen LogP contribution in [0.2, 0.25) is 0 Å². The Morgan fingerprint density at radius 2 is 1.71 bits per heavy atom. The molecule has 0 bridgehead atoms. The SMILES string of the molecule is Cc1ccc(S(=O)(=O)N2C(=O)OCc3ccccc32)cc1. The van der Waals surface area contributed by atoms with Gasteiger partial charge in [0.05, 0.1) is 10.6 Å². The third kappa shape index (κ3) is 2.27. The van der Waals surface area contributed by atoms with E-state index in [1.165, 1.54) is 12.1 Å². The lowest BCUT2D eigenvalue weighted by Crippen LogP contribution is -2.40. The molecule has 0 radical (unpaired) electrons. The average molecular weight is 303 g/mol. The number of anilines is 1. The Morgan fingerprint density at radius 1 is 1.05 bits per heavy atom. The fourth-order valence-corrected chi connectivity index (χ4v) is 3.55. The first-order valence-corrected chi connectivity index (χ1v) is 7.81. The fourth-order valence-electron chi connectivity index (χ4n) is 2.17. The Hall–Kier alpha value is -2.34. The molecule has 0 atom stereocenters. The summed E-state index contributed by atoms with van der Waals surface area (Å²) in [5.41, 5.74) is 1.94. The molecule has 5 nitrogen and oxygen atoms in total. The van der Waals surface area contributed by atoms with E-state index < -0.39 is 16.1 Å². The van der Waals surface area contributed by atoms with Gasteiger partial charge in [-0.15, -0.1) is 0 Å². The number of sulfonamides is 1. The van der Waals surface area contributed by atoms with Gasteiger partial charge in [-0.25, -0.2) is 13.2 Å². The summed E-state index contributed by atoms with van der Waals surface area (Å²) in [6.07, 6.45) is -0.880. The van der Waals surface area contributed by atoms with Crippen LogP contribution in [0.3, 0.4) is 0 Å². The first kappa shape index (κ1) is 13.6. The molecule has 1 aliphatic rings. The van der Waals surface area contributed by atoms with E-state index in [1.54, 1.807) is 36.4 Å². The highest BCUT2D eigenvalue weighted by Crippen LogP contribution is 2.31. The molecule has 6 heteroatoms. The third-order valence-corrected chi connectivity index (χ3v) is 4.98. The van der Waals surface area contributed by atoms with Crippen molar-refractivity contribution in [2.24, 2.45) is 0 Å². The number of fused-ring (bicyclic) bond motifs is 1. The maximum absolute atomic E-state index is 12.7. The quantitative estimate of drug-likeness (QED) is 0.855. The summed E-state index contributed by atoms with van der Waals surface area (Å²) >= 11 is 0. The molecule has 1 aliphatic heterocycles. The molecule has 21 heavy (non-hydrogen) atoms. The van der Waals surface area contributed by atoms with E-state index in [2.05, 4.69) is 0 Å². The van der Waals surface area contributed by atoms with Crippen molar-refractivity contribution in [2.75, 3.05) is 4.31 Å². The van der Waals surface area contributed by atoms with Crippen molar-refractivity contribution >= 4 is 21.8 Å². The van der Waals surface area contributed by atoms with Gasteiger partial charge in [0.15, 0.2) is 0 Å². The number of para-hydroxylation sites is 1. The number of nitrogens with zero attached hydrogens (tertiary/aromatic N) is 1. The molecule has 2 aromatic rings. The van der Waals surface area contributed by atoms with E-state index in [9.17, 15) is 13.2 Å². The summed E-state index contributed by atoms with van der Waals surface area (Å²) in [4.78, 5) is 12.0. The Bertz CT molecular complexity index is 797. The highest BCUT2D eigenvalue weighted by Gasteiger charge is 2.36. The zero-order chi connectivity index (χ0) is 15.0. The molecule has 1 heterocycles. The van der Waals surface area contributed by atoms with E-state index in [4.69, 9.17) is 4.74 Å². The van der Waals surface area contributed by atoms with Crippen molar-refractivity contribution in [1.82, 2.24) is 0 Å². The van der Waals surface area contributed by atoms with Gasteiger partial charge in [0.2, 0.25) is 0 Å². The second-order valence-corrected chi connectivity index (χ2v) is 6.55. The number of ether oxygens (including phenoxy) is 1. The monoisotopic (exact) mass is 303 g/mol. The lowest BCUT2D eigenvalue weighted by molar-refractivity contribution is 0.146. The maximum Gasteiger partial charge on any atom is 0.428 e. The molecular weight excluding hydrogens is 290 g/mol. The number of carbonyl (C=O) groups is 1. The highest BCUT2D eigenvalue weighted by molar-refractivity contribution is 7.93. The molecule has 108 valence electrons. The Balaban J connectivity index is 2.14. The topological polar surface area (TPSA) is 63.7 Å². The first-order valence-electron chi connectivity index (χ1n) is 6.37. The van der Waals surface area contributed by atoms with Gasteiger partial charge in [-0.3, -0.25) is 0 Å². The molecule has 3 rings (SSSR count). The van der Waals surface area contributed by atoms with Gasteiger partial charge in [-0.1, -0.05) is 35.9 Å². The normalized spacial score (nSPS) is 14.5. The number of aryl methyl sites for hydroxylation is 1. The number of carbonyl (C=O) groups excluding carboxylic acids is 1. The molecule has 0 saturated carbocycles. The van der Waals surface area contributed by atoms with Gasteiger partial charge in [0.1, 0.15) is 6.61 Å². The lowest BCUT2D eigenvalue weighted by Gasteiger charge is -2.28. The summed E-state index contributed by atoms with van der Waals surface area (Å²) in [6, 6.07) is 13.1.